The molecule has 0 fully saturated rings. The Hall–Kier alpha value is -2.03. The Bertz CT molecular complexity index is 1030. The Labute approximate surface area is 162 Å². The summed E-state index contributed by atoms with van der Waals surface area (Å²) in [6.07, 6.45) is 0. The molecule has 6 nitrogen and oxygen atoms in total. The van der Waals surface area contributed by atoms with Gasteiger partial charge in [-0.3, -0.25) is 9.59 Å². The zero-order valence-electron chi connectivity index (χ0n) is 14.3. The normalized spacial score (nSPS) is 12.2. The lowest BCUT2D eigenvalue weighted by Gasteiger charge is -2.12. The lowest BCUT2D eigenvalue weighted by atomic mass is 10.3. The largest absolute Gasteiger partial charge is 0.495 e. The maximum atomic E-state index is 12.4. The van der Waals surface area contributed by atoms with E-state index in [2.05, 4.69) is 15.3 Å². The summed E-state index contributed by atoms with van der Waals surface area (Å²) in [5.74, 6) is 0.315. The number of thioether (sulfide) groups is 1. The van der Waals surface area contributed by atoms with Gasteiger partial charge >= 0.3 is 0 Å². The molecule has 1 aromatic carbocycles. The number of carbonyl (C=O) groups excluding carboxylic acids is 1. The van der Waals surface area contributed by atoms with Crippen molar-refractivity contribution in [3.05, 3.63) is 44.5 Å². The van der Waals surface area contributed by atoms with Crippen molar-refractivity contribution >= 4 is 56.5 Å². The van der Waals surface area contributed by atoms with Crippen molar-refractivity contribution in [2.24, 2.45) is 0 Å². The van der Waals surface area contributed by atoms with E-state index in [1.54, 1.807) is 25.1 Å². The van der Waals surface area contributed by atoms with Crippen molar-refractivity contribution in [1.82, 2.24) is 9.97 Å². The second kappa shape index (κ2) is 7.69. The SMILES string of the molecule is COc1ccc(NC(=O)C(C)Sc2nc3sc(C)cc3c(=O)[nH]2)cc1Cl. The fourth-order valence-corrected chi connectivity index (χ4v) is 4.29. The van der Waals surface area contributed by atoms with Crippen LogP contribution >= 0.6 is 34.7 Å². The monoisotopic (exact) mass is 409 g/mol. The molecule has 2 heterocycles. The zero-order chi connectivity index (χ0) is 18.8. The van der Waals surface area contributed by atoms with Crippen molar-refractivity contribution < 1.29 is 9.53 Å². The number of hydrogen-bond acceptors (Lipinski definition) is 6. The number of H-pyrrole nitrogens is 1. The smallest absolute Gasteiger partial charge is 0.260 e. The predicted octanol–water partition coefficient (Wildman–Crippen LogP) is 4.07. The molecule has 0 bridgehead atoms. The second-order valence-electron chi connectivity index (χ2n) is 5.55. The van der Waals surface area contributed by atoms with Crippen molar-refractivity contribution in [2.75, 3.05) is 12.4 Å². The third-order valence-electron chi connectivity index (χ3n) is 3.58. The summed E-state index contributed by atoms with van der Waals surface area (Å²) in [6.45, 7) is 3.67. The minimum atomic E-state index is -0.461. The van der Waals surface area contributed by atoms with E-state index in [-0.39, 0.29) is 11.5 Å². The van der Waals surface area contributed by atoms with Crippen molar-refractivity contribution in [3.8, 4) is 5.75 Å². The van der Waals surface area contributed by atoms with Crippen LogP contribution in [-0.4, -0.2) is 28.2 Å². The van der Waals surface area contributed by atoms with Crippen LogP contribution in [0.4, 0.5) is 5.69 Å². The van der Waals surface area contributed by atoms with Crippen LogP contribution in [-0.2, 0) is 4.79 Å². The number of anilines is 1. The molecule has 0 aliphatic carbocycles. The summed E-state index contributed by atoms with van der Waals surface area (Å²) in [5.41, 5.74) is 0.371. The van der Waals surface area contributed by atoms with E-state index in [1.165, 1.54) is 30.2 Å². The van der Waals surface area contributed by atoms with Crippen molar-refractivity contribution in [3.63, 3.8) is 0 Å². The molecule has 136 valence electrons. The quantitative estimate of drug-likeness (QED) is 0.490. The third-order valence-corrected chi connectivity index (χ3v) is 5.80. The molecule has 3 aromatic rings. The Kier molecular flexibility index (Phi) is 5.55. The fourth-order valence-electron chi connectivity index (χ4n) is 2.30. The third kappa shape index (κ3) is 4.03. The second-order valence-corrected chi connectivity index (χ2v) is 8.52. The van der Waals surface area contributed by atoms with E-state index in [0.717, 1.165) is 4.88 Å². The molecule has 1 amide bonds. The van der Waals surface area contributed by atoms with Crippen LogP contribution in [0, 0.1) is 6.92 Å². The molecular weight excluding hydrogens is 394 g/mol. The van der Waals surface area contributed by atoms with Gasteiger partial charge in [0.15, 0.2) is 5.16 Å². The Balaban J connectivity index is 1.73. The molecule has 3 rings (SSSR count). The number of nitrogens with zero attached hydrogens (tertiary/aromatic N) is 1. The highest BCUT2D eigenvalue weighted by Crippen LogP contribution is 2.28. The van der Waals surface area contributed by atoms with Gasteiger partial charge < -0.3 is 15.0 Å². The predicted molar refractivity (Wildman–Crippen MR) is 107 cm³/mol. The Morgan fingerprint density at radius 3 is 2.88 bits per heavy atom. The molecule has 2 aromatic heterocycles. The summed E-state index contributed by atoms with van der Waals surface area (Å²) in [6, 6.07) is 6.82. The Morgan fingerprint density at radius 1 is 1.42 bits per heavy atom. The molecule has 0 spiro atoms. The highest BCUT2D eigenvalue weighted by molar-refractivity contribution is 8.00. The number of methoxy groups -OCH3 is 1. The number of ether oxygens (including phenoxy) is 1. The molecule has 1 unspecified atom stereocenters. The van der Waals surface area contributed by atoms with Gasteiger partial charge in [-0.1, -0.05) is 23.4 Å². The minimum absolute atomic E-state index is 0.198. The fraction of sp³-hybridized carbons (Fsp3) is 0.235. The summed E-state index contributed by atoms with van der Waals surface area (Å²) in [4.78, 5) is 33.4. The average molecular weight is 410 g/mol. The summed E-state index contributed by atoms with van der Waals surface area (Å²) in [7, 11) is 1.53. The van der Waals surface area contributed by atoms with Gasteiger partial charge in [0.05, 0.1) is 22.8 Å². The van der Waals surface area contributed by atoms with Gasteiger partial charge in [0, 0.05) is 10.6 Å². The number of thiophene rings is 1. The van der Waals surface area contributed by atoms with Gasteiger partial charge in [0.1, 0.15) is 10.6 Å². The topological polar surface area (TPSA) is 84.1 Å². The molecule has 1 atom stereocenters. The molecule has 0 saturated heterocycles. The number of benzene rings is 1. The van der Waals surface area contributed by atoms with Crippen LogP contribution in [0.1, 0.15) is 11.8 Å². The average Bonchev–Trinajstić information content (AvgIpc) is 2.96. The molecule has 0 radical (unpaired) electrons. The highest BCUT2D eigenvalue weighted by Gasteiger charge is 2.18. The van der Waals surface area contributed by atoms with Gasteiger partial charge in [-0.25, -0.2) is 4.98 Å². The summed E-state index contributed by atoms with van der Waals surface area (Å²) in [5, 5.41) is 3.73. The number of aromatic nitrogens is 2. The number of hydrogen-bond donors (Lipinski definition) is 2. The number of carbonyl (C=O) groups is 1. The standard InChI is InChI=1S/C17H16ClN3O3S2/c1-8-6-11-15(23)20-17(21-16(11)25-8)26-9(2)14(22)19-10-4-5-13(24-3)12(18)7-10/h4-7,9H,1-3H3,(H,19,22)(H,20,21,23). The highest BCUT2D eigenvalue weighted by atomic mass is 35.5. The zero-order valence-corrected chi connectivity index (χ0v) is 16.6. The molecule has 0 saturated carbocycles. The van der Waals surface area contributed by atoms with E-state index in [4.69, 9.17) is 16.3 Å². The van der Waals surface area contributed by atoms with E-state index in [0.29, 0.717) is 31.8 Å². The maximum Gasteiger partial charge on any atom is 0.260 e. The first kappa shape index (κ1) is 18.8. The van der Waals surface area contributed by atoms with Crippen molar-refractivity contribution in [2.45, 2.75) is 24.3 Å². The summed E-state index contributed by atoms with van der Waals surface area (Å²) >= 11 is 8.71. The van der Waals surface area contributed by atoms with E-state index in [1.807, 2.05) is 13.0 Å². The molecular formula is C17H16ClN3O3S2. The number of nitrogens with one attached hydrogen (secondary N) is 2. The molecule has 0 aliphatic rings. The molecule has 26 heavy (non-hydrogen) atoms. The molecule has 0 aliphatic heterocycles. The number of fused-ring (bicyclic) bond motifs is 1. The van der Waals surface area contributed by atoms with Crippen LogP contribution in [0.15, 0.2) is 34.2 Å². The minimum Gasteiger partial charge on any atom is -0.495 e. The lowest BCUT2D eigenvalue weighted by molar-refractivity contribution is -0.115. The van der Waals surface area contributed by atoms with E-state index in [9.17, 15) is 9.59 Å². The first-order valence-electron chi connectivity index (χ1n) is 7.69. The molecule has 9 heteroatoms. The van der Waals surface area contributed by atoms with Gasteiger partial charge in [-0.15, -0.1) is 11.3 Å². The number of aromatic amines is 1. The van der Waals surface area contributed by atoms with E-state index < -0.39 is 5.25 Å². The van der Waals surface area contributed by atoms with Crippen molar-refractivity contribution in [1.29, 1.82) is 0 Å². The first-order chi connectivity index (χ1) is 12.4. The molecule has 2 N–H and O–H groups in total. The van der Waals surface area contributed by atoms with Crippen LogP contribution in [0.25, 0.3) is 10.2 Å². The number of halogens is 1. The maximum absolute atomic E-state index is 12.4. The van der Waals surface area contributed by atoms with Crippen LogP contribution in [0.5, 0.6) is 5.75 Å². The van der Waals surface area contributed by atoms with Gasteiger partial charge in [-0.05, 0) is 38.1 Å². The summed E-state index contributed by atoms with van der Waals surface area (Å²) < 4.78 is 5.09. The van der Waals surface area contributed by atoms with Gasteiger partial charge in [0.2, 0.25) is 5.91 Å². The van der Waals surface area contributed by atoms with Gasteiger partial charge in [-0.2, -0.15) is 0 Å². The first-order valence-corrected chi connectivity index (χ1v) is 9.76. The van der Waals surface area contributed by atoms with Crippen LogP contribution in [0.3, 0.4) is 0 Å². The van der Waals surface area contributed by atoms with E-state index >= 15 is 0 Å². The van der Waals surface area contributed by atoms with Crippen LogP contribution < -0.4 is 15.6 Å². The number of amides is 1. The Morgan fingerprint density at radius 2 is 2.19 bits per heavy atom. The number of aryl methyl sites for hydroxylation is 1. The number of rotatable bonds is 5. The van der Waals surface area contributed by atoms with Crippen LogP contribution in [0.2, 0.25) is 5.02 Å². The lowest BCUT2D eigenvalue weighted by Crippen LogP contribution is -2.23. The van der Waals surface area contributed by atoms with Gasteiger partial charge in [0.25, 0.3) is 5.56 Å².